The fourth-order valence-electron chi connectivity index (χ4n) is 1.37. The Morgan fingerprint density at radius 1 is 1.20 bits per heavy atom. The Kier molecular flexibility index (Phi) is 4.98. The van der Waals surface area contributed by atoms with Gasteiger partial charge in [0, 0.05) is 11.8 Å². The first-order chi connectivity index (χ1) is 6.64. The molecule has 1 N–H and O–H groups in total. The van der Waals surface area contributed by atoms with Crippen LogP contribution in [0.15, 0.2) is 0 Å². The zero-order valence-corrected chi connectivity index (χ0v) is 10.3. The highest BCUT2D eigenvalue weighted by molar-refractivity contribution is 5.87. The number of carbonyl (C=O) groups excluding carboxylic acids is 1. The molecule has 0 saturated carbocycles. The van der Waals surface area contributed by atoms with Crippen molar-refractivity contribution in [3.63, 3.8) is 0 Å². The van der Waals surface area contributed by atoms with Crippen LogP contribution in [0.1, 0.15) is 47.5 Å². The highest BCUT2D eigenvalue weighted by atomic mass is 16.4. The van der Waals surface area contributed by atoms with Gasteiger partial charge >= 0.3 is 5.97 Å². The van der Waals surface area contributed by atoms with E-state index in [4.69, 9.17) is 5.11 Å². The van der Waals surface area contributed by atoms with E-state index in [1.807, 2.05) is 34.6 Å². The number of hydrogen-bond donors (Lipinski definition) is 1. The number of carbonyl (C=O) groups is 2. The van der Waals surface area contributed by atoms with Crippen LogP contribution in [-0.2, 0) is 9.59 Å². The third kappa shape index (κ3) is 5.55. The second-order valence-corrected chi connectivity index (χ2v) is 5.54. The first-order valence-electron chi connectivity index (χ1n) is 5.40. The molecule has 0 aromatic carbocycles. The molecule has 0 heterocycles. The largest absolute Gasteiger partial charge is 0.481 e. The topological polar surface area (TPSA) is 54.4 Å². The van der Waals surface area contributed by atoms with E-state index >= 15 is 0 Å². The predicted molar refractivity (Wildman–Crippen MR) is 59.7 cm³/mol. The number of Topliss-reactive ketones (excluding diaryl/α,β-unsaturated/α-hetero) is 1. The van der Waals surface area contributed by atoms with E-state index in [0.29, 0.717) is 12.3 Å². The van der Waals surface area contributed by atoms with Gasteiger partial charge < -0.3 is 5.11 Å². The Morgan fingerprint density at radius 2 is 1.67 bits per heavy atom. The molecule has 0 spiro atoms. The summed E-state index contributed by atoms with van der Waals surface area (Å²) in [5.41, 5.74) is -0.440. The van der Waals surface area contributed by atoms with E-state index in [2.05, 4.69) is 0 Å². The van der Waals surface area contributed by atoms with Crippen molar-refractivity contribution in [1.82, 2.24) is 0 Å². The van der Waals surface area contributed by atoms with Crippen molar-refractivity contribution in [2.75, 3.05) is 0 Å². The molecular weight excluding hydrogens is 192 g/mol. The van der Waals surface area contributed by atoms with Crippen molar-refractivity contribution in [3.05, 3.63) is 0 Å². The molecule has 3 nitrogen and oxygen atoms in total. The lowest BCUT2D eigenvalue weighted by molar-refractivity contribution is -0.145. The SMILES string of the molecule is CC(C)C[C@H](CC(=O)C(C)(C)C)C(=O)O. The van der Waals surface area contributed by atoms with Crippen LogP contribution >= 0.6 is 0 Å². The Bertz CT molecular complexity index is 236. The van der Waals surface area contributed by atoms with Gasteiger partial charge in [-0.3, -0.25) is 9.59 Å². The maximum atomic E-state index is 11.7. The summed E-state index contributed by atoms with van der Waals surface area (Å²) in [4.78, 5) is 22.6. The standard InChI is InChI=1S/C12H22O3/c1-8(2)6-9(11(14)15)7-10(13)12(3,4)5/h8-9H,6-7H2,1-5H3,(H,14,15)/t9-/m1/s1. The Labute approximate surface area is 91.9 Å². The summed E-state index contributed by atoms with van der Waals surface area (Å²) < 4.78 is 0. The monoisotopic (exact) mass is 214 g/mol. The molecule has 0 bridgehead atoms. The average Bonchev–Trinajstić information content (AvgIpc) is 1.99. The van der Waals surface area contributed by atoms with E-state index in [9.17, 15) is 9.59 Å². The average molecular weight is 214 g/mol. The Hall–Kier alpha value is -0.860. The maximum absolute atomic E-state index is 11.7. The van der Waals surface area contributed by atoms with E-state index in [-0.39, 0.29) is 12.2 Å². The van der Waals surface area contributed by atoms with Crippen LogP contribution < -0.4 is 0 Å². The van der Waals surface area contributed by atoms with Crippen LogP contribution in [0.4, 0.5) is 0 Å². The smallest absolute Gasteiger partial charge is 0.306 e. The number of aliphatic carboxylic acids is 1. The Morgan fingerprint density at radius 3 is 1.93 bits per heavy atom. The molecule has 88 valence electrons. The maximum Gasteiger partial charge on any atom is 0.306 e. The fraction of sp³-hybridized carbons (Fsp3) is 0.833. The molecule has 0 aliphatic heterocycles. The van der Waals surface area contributed by atoms with Gasteiger partial charge in [-0.05, 0) is 12.3 Å². The van der Waals surface area contributed by atoms with Crippen LogP contribution in [0, 0.1) is 17.3 Å². The van der Waals surface area contributed by atoms with Crippen LogP contribution in [0.25, 0.3) is 0 Å². The van der Waals surface area contributed by atoms with Crippen LogP contribution in [0.5, 0.6) is 0 Å². The van der Waals surface area contributed by atoms with Crippen LogP contribution in [0.3, 0.4) is 0 Å². The molecule has 0 aliphatic carbocycles. The van der Waals surface area contributed by atoms with Gasteiger partial charge in [0.15, 0.2) is 0 Å². The van der Waals surface area contributed by atoms with Gasteiger partial charge in [-0.2, -0.15) is 0 Å². The molecule has 0 aromatic heterocycles. The second kappa shape index (κ2) is 5.29. The lowest BCUT2D eigenvalue weighted by atomic mass is 9.83. The summed E-state index contributed by atoms with van der Waals surface area (Å²) in [5.74, 6) is -1.06. The molecule has 0 radical (unpaired) electrons. The van der Waals surface area contributed by atoms with Crippen LogP contribution in [0.2, 0.25) is 0 Å². The summed E-state index contributed by atoms with van der Waals surface area (Å²) in [7, 11) is 0. The summed E-state index contributed by atoms with van der Waals surface area (Å²) in [5, 5.41) is 8.98. The number of rotatable bonds is 5. The third-order valence-electron chi connectivity index (χ3n) is 2.37. The van der Waals surface area contributed by atoms with E-state index in [1.54, 1.807) is 0 Å². The van der Waals surface area contributed by atoms with Crippen LogP contribution in [-0.4, -0.2) is 16.9 Å². The normalized spacial score (nSPS) is 14.0. The zero-order valence-electron chi connectivity index (χ0n) is 10.3. The molecule has 1 atom stereocenters. The van der Waals surface area contributed by atoms with Gasteiger partial charge in [0.25, 0.3) is 0 Å². The Balaban J connectivity index is 4.43. The molecule has 15 heavy (non-hydrogen) atoms. The van der Waals surface area contributed by atoms with Crippen molar-refractivity contribution in [2.24, 2.45) is 17.3 Å². The molecule has 0 fully saturated rings. The number of hydrogen-bond acceptors (Lipinski definition) is 2. The fourth-order valence-corrected chi connectivity index (χ4v) is 1.37. The highest BCUT2D eigenvalue weighted by Gasteiger charge is 2.28. The summed E-state index contributed by atoms with van der Waals surface area (Å²) >= 11 is 0. The molecule has 0 rings (SSSR count). The first-order valence-corrected chi connectivity index (χ1v) is 5.40. The van der Waals surface area contributed by atoms with Crippen molar-refractivity contribution in [3.8, 4) is 0 Å². The second-order valence-electron chi connectivity index (χ2n) is 5.54. The molecule has 0 saturated heterocycles. The highest BCUT2D eigenvalue weighted by Crippen LogP contribution is 2.23. The predicted octanol–water partition coefficient (Wildman–Crippen LogP) is 2.74. The van der Waals surface area contributed by atoms with Crippen molar-refractivity contribution in [2.45, 2.75) is 47.5 Å². The van der Waals surface area contributed by atoms with E-state index < -0.39 is 17.3 Å². The van der Waals surface area contributed by atoms with Crippen molar-refractivity contribution in [1.29, 1.82) is 0 Å². The molecule has 0 unspecified atom stereocenters. The zero-order chi connectivity index (χ0) is 12.2. The minimum atomic E-state index is -0.860. The van der Waals surface area contributed by atoms with Gasteiger partial charge in [0.1, 0.15) is 5.78 Å². The third-order valence-corrected chi connectivity index (χ3v) is 2.37. The summed E-state index contributed by atoms with van der Waals surface area (Å²) in [6, 6.07) is 0. The molecule has 0 aromatic rings. The lowest BCUT2D eigenvalue weighted by Gasteiger charge is -2.20. The van der Waals surface area contributed by atoms with Crippen molar-refractivity contribution < 1.29 is 14.7 Å². The first kappa shape index (κ1) is 14.1. The van der Waals surface area contributed by atoms with E-state index in [0.717, 1.165) is 0 Å². The van der Waals surface area contributed by atoms with Gasteiger partial charge in [0.05, 0.1) is 5.92 Å². The van der Waals surface area contributed by atoms with Gasteiger partial charge in [0.2, 0.25) is 0 Å². The molecular formula is C12H22O3. The molecule has 0 amide bonds. The van der Waals surface area contributed by atoms with Gasteiger partial charge in [-0.25, -0.2) is 0 Å². The van der Waals surface area contributed by atoms with Gasteiger partial charge in [-0.1, -0.05) is 34.6 Å². The number of carboxylic acids is 1. The minimum Gasteiger partial charge on any atom is -0.481 e. The van der Waals surface area contributed by atoms with Gasteiger partial charge in [-0.15, -0.1) is 0 Å². The van der Waals surface area contributed by atoms with Crippen molar-refractivity contribution >= 4 is 11.8 Å². The lowest BCUT2D eigenvalue weighted by Crippen LogP contribution is -2.27. The number of ketones is 1. The minimum absolute atomic E-state index is 0.0237. The molecule has 3 heteroatoms. The summed E-state index contributed by atoms with van der Waals surface area (Å²) in [6.45, 7) is 9.41. The molecule has 0 aliphatic rings. The number of carboxylic acid groups (broad SMARTS) is 1. The summed E-state index contributed by atoms with van der Waals surface area (Å²) in [6.07, 6.45) is 0.716. The quantitative estimate of drug-likeness (QED) is 0.765. The van der Waals surface area contributed by atoms with E-state index in [1.165, 1.54) is 0 Å².